The number of unbranched alkanes of at least 4 members (excludes halogenated alkanes) is 1. The van der Waals surface area contributed by atoms with Gasteiger partial charge in [0.05, 0.1) is 6.61 Å². The molecular weight excluding hydrogens is 322 g/mol. The van der Waals surface area contributed by atoms with E-state index in [0.717, 1.165) is 34.9 Å². The summed E-state index contributed by atoms with van der Waals surface area (Å²) in [5.41, 5.74) is 2.50. The second-order valence-electron chi connectivity index (χ2n) is 5.53. The molecule has 0 aliphatic heterocycles. The zero-order valence-electron chi connectivity index (χ0n) is 14.0. The van der Waals surface area contributed by atoms with Crippen LogP contribution in [0.5, 0.6) is 5.75 Å². The highest BCUT2D eigenvalue weighted by Crippen LogP contribution is 2.19. The number of halogens is 1. The first kappa shape index (κ1) is 18.1. The number of carbonyl (C=O) groups excluding carboxylic acids is 1. The second-order valence-corrected chi connectivity index (χ2v) is 5.94. The largest absolute Gasteiger partial charge is 0.494 e. The summed E-state index contributed by atoms with van der Waals surface area (Å²) < 4.78 is 5.59. The Kier molecular flexibility index (Phi) is 6.89. The SMILES string of the molecule is CCCCOc1ccc(C(=O)C=CNc2ccc(Cl)c(C)c2)cc1. The topological polar surface area (TPSA) is 38.3 Å². The van der Waals surface area contributed by atoms with Gasteiger partial charge in [-0.05, 0) is 61.4 Å². The zero-order valence-corrected chi connectivity index (χ0v) is 14.8. The number of rotatable bonds is 8. The van der Waals surface area contributed by atoms with Gasteiger partial charge in [0, 0.05) is 28.5 Å². The molecule has 1 N–H and O–H groups in total. The molecule has 0 radical (unpaired) electrons. The van der Waals surface area contributed by atoms with Crippen LogP contribution < -0.4 is 10.1 Å². The number of hydrogen-bond donors (Lipinski definition) is 1. The van der Waals surface area contributed by atoms with E-state index in [-0.39, 0.29) is 5.78 Å². The molecule has 0 heterocycles. The molecule has 2 aromatic rings. The Hall–Kier alpha value is -2.26. The van der Waals surface area contributed by atoms with Gasteiger partial charge in [0.2, 0.25) is 0 Å². The van der Waals surface area contributed by atoms with Gasteiger partial charge in [-0.25, -0.2) is 0 Å². The van der Waals surface area contributed by atoms with Gasteiger partial charge in [0.1, 0.15) is 5.75 Å². The smallest absolute Gasteiger partial charge is 0.187 e. The van der Waals surface area contributed by atoms with Crippen molar-refractivity contribution in [2.24, 2.45) is 0 Å². The lowest BCUT2D eigenvalue weighted by Gasteiger charge is -2.05. The number of anilines is 1. The molecule has 2 aromatic carbocycles. The molecule has 0 saturated carbocycles. The van der Waals surface area contributed by atoms with Gasteiger partial charge < -0.3 is 10.1 Å². The Morgan fingerprint density at radius 1 is 1.21 bits per heavy atom. The molecule has 0 aliphatic carbocycles. The van der Waals surface area contributed by atoms with Gasteiger partial charge in [-0.3, -0.25) is 4.79 Å². The standard InChI is InChI=1S/C20H22ClNO2/c1-3-4-13-24-18-8-5-16(6-9-18)20(23)11-12-22-17-7-10-19(21)15(2)14-17/h5-12,14,22H,3-4,13H2,1-2H3. The first-order chi connectivity index (χ1) is 11.6. The number of aryl methyl sites for hydroxylation is 1. The molecule has 0 spiro atoms. The van der Waals surface area contributed by atoms with E-state index in [4.69, 9.17) is 16.3 Å². The lowest BCUT2D eigenvalue weighted by molar-refractivity contribution is 0.104. The number of hydrogen-bond acceptors (Lipinski definition) is 3. The summed E-state index contributed by atoms with van der Waals surface area (Å²) in [6.45, 7) is 4.76. The Morgan fingerprint density at radius 3 is 2.62 bits per heavy atom. The molecular formula is C20H22ClNO2. The van der Waals surface area contributed by atoms with Crippen LogP contribution in [0.3, 0.4) is 0 Å². The maximum atomic E-state index is 12.1. The van der Waals surface area contributed by atoms with E-state index in [2.05, 4.69) is 12.2 Å². The predicted octanol–water partition coefficient (Wildman–Crippen LogP) is 5.64. The molecule has 0 fully saturated rings. The van der Waals surface area contributed by atoms with Crippen molar-refractivity contribution in [2.45, 2.75) is 26.7 Å². The summed E-state index contributed by atoms with van der Waals surface area (Å²) in [5, 5.41) is 3.80. The number of nitrogens with one attached hydrogen (secondary N) is 1. The number of ketones is 1. The van der Waals surface area contributed by atoms with Gasteiger partial charge >= 0.3 is 0 Å². The highest BCUT2D eigenvalue weighted by molar-refractivity contribution is 6.31. The Labute approximate surface area is 148 Å². The van der Waals surface area contributed by atoms with Gasteiger partial charge in [0.15, 0.2) is 5.78 Å². The fourth-order valence-electron chi connectivity index (χ4n) is 2.09. The molecule has 0 unspecified atom stereocenters. The van der Waals surface area contributed by atoms with E-state index in [1.165, 1.54) is 6.08 Å². The van der Waals surface area contributed by atoms with Crippen molar-refractivity contribution in [1.29, 1.82) is 0 Å². The summed E-state index contributed by atoms with van der Waals surface area (Å²) in [5.74, 6) is 0.729. The van der Waals surface area contributed by atoms with Crippen LogP contribution in [0.1, 0.15) is 35.7 Å². The average Bonchev–Trinajstić information content (AvgIpc) is 2.59. The van der Waals surface area contributed by atoms with Gasteiger partial charge in [0.25, 0.3) is 0 Å². The van der Waals surface area contributed by atoms with Crippen molar-refractivity contribution < 1.29 is 9.53 Å². The van der Waals surface area contributed by atoms with Crippen LogP contribution in [-0.4, -0.2) is 12.4 Å². The Balaban J connectivity index is 1.90. The summed E-state index contributed by atoms with van der Waals surface area (Å²) in [6, 6.07) is 12.8. The van der Waals surface area contributed by atoms with Crippen LogP contribution in [0.2, 0.25) is 5.02 Å². The molecule has 0 amide bonds. The van der Waals surface area contributed by atoms with Gasteiger partial charge in [-0.2, -0.15) is 0 Å². The summed E-state index contributed by atoms with van der Waals surface area (Å²) in [4.78, 5) is 12.1. The normalized spacial score (nSPS) is 10.8. The first-order valence-electron chi connectivity index (χ1n) is 8.06. The second kappa shape index (κ2) is 9.14. The van der Waals surface area contributed by atoms with E-state index >= 15 is 0 Å². The van der Waals surface area contributed by atoms with E-state index in [0.29, 0.717) is 12.2 Å². The van der Waals surface area contributed by atoms with Crippen molar-refractivity contribution in [3.05, 3.63) is 70.9 Å². The summed E-state index contributed by atoms with van der Waals surface area (Å²) >= 11 is 5.99. The highest BCUT2D eigenvalue weighted by Gasteiger charge is 2.02. The van der Waals surface area contributed by atoms with Crippen LogP contribution >= 0.6 is 11.6 Å². The highest BCUT2D eigenvalue weighted by atomic mass is 35.5. The van der Waals surface area contributed by atoms with E-state index in [9.17, 15) is 4.79 Å². The van der Waals surface area contributed by atoms with Crippen molar-refractivity contribution in [3.8, 4) is 5.75 Å². The lowest BCUT2D eigenvalue weighted by Crippen LogP contribution is -1.99. The third-order valence-electron chi connectivity index (χ3n) is 3.55. The molecule has 0 aliphatic rings. The molecule has 2 rings (SSSR count). The summed E-state index contributed by atoms with van der Waals surface area (Å²) in [6.07, 6.45) is 5.27. The minimum atomic E-state index is -0.0618. The van der Waals surface area contributed by atoms with Crippen LogP contribution in [0, 0.1) is 6.92 Å². The fourth-order valence-corrected chi connectivity index (χ4v) is 2.21. The molecule has 0 bridgehead atoms. The maximum Gasteiger partial charge on any atom is 0.187 e. The maximum absolute atomic E-state index is 12.1. The van der Waals surface area contributed by atoms with Crippen molar-refractivity contribution in [1.82, 2.24) is 0 Å². The Morgan fingerprint density at radius 2 is 1.96 bits per heavy atom. The van der Waals surface area contributed by atoms with Gasteiger partial charge in [-0.1, -0.05) is 24.9 Å². The predicted molar refractivity (Wildman–Crippen MR) is 100 cm³/mol. The van der Waals surface area contributed by atoms with Crippen molar-refractivity contribution in [2.75, 3.05) is 11.9 Å². The van der Waals surface area contributed by atoms with E-state index in [1.54, 1.807) is 18.3 Å². The zero-order chi connectivity index (χ0) is 17.4. The Bertz CT molecular complexity index is 708. The molecule has 3 nitrogen and oxygen atoms in total. The number of allylic oxidation sites excluding steroid dienone is 1. The van der Waals surface area contributed by atoms with Crippen LogP contribution in [0.4, 0.5) is 5.69 Å². The van der Waals surface area contributed by atoms with E-state index in [1.807, 2.05) is 37.3 Å². The molecule has 4 heteroatoms. The average molecular weight is 344 g/mol. The first-order valence-corrected chi connectivity index (χ1v) is 8.44. The van der Waals surface area contributed by atoms with Crippen LogP contribution in [0.25, 0.3) is 0 Å². The number of ether oxygens (including phenoxy) is 1. The minimum Gasteiger partial charge on any atom is -0.494 e. The molecule has 0 saturated heterocycles. The quantitative estimate of drug-likeness (QED) is 0.383. The summed E-state index contributed by atoms with van der Waals surface area (Å²) in [7, 11) is 0. The van der Waals surface area contributed by atoms with Crippen molar-refractivity contribution >= 4 is 23.1 Å². The number of carbonyl (C=O) groups is 1. The molecule has 126 valence electrons. The fraction of sp³-hybridized carbons (Fsp3) is 0.250. The molecule has 24 heavy (non-hydrogen) atoms. The monoisotopic (exact) mass is 343 g/mol. The van der Waals surface area contributed by atoms with E-state index < -0.39 is 0 Å². The lowest BCUT2D eigenvalue weighted by atomic mass is 10.1. The molecule has 0 atom stereocenters. The molecule has 0 aromatic heterocycles. The van der Waals surface area contributed by atoms with Gasteiger partial charge in [-0.15, -0.1) is 0 Å². The third kappa shape index (κ3) is 5.43. The number of benzene rings is 2. The minimum absolute atomic E-state index is 0.0618. The van der Waals surface area contributed by atoms with Crippen LogP contribution in [-0.2, 0) is 0 Å². The van der Waals surface area contributed by atoms with Crippen LogP contribution in [0.15, 0.2) is 54.7 Å². The third-order valence-corrected chi connectivity index (χ3v) is 3.97. The van der Waals surface area contributed by atoms with Crippen molar-refractivity contribution in [3.63, 3.8) is 0 Å².